The van der Waals surface area contributed by atoms with Crippen LogP contribution in [0.2, 0.25) is 0 Å². The number of hydrogen-bond donors (Lipinski definition) is 0. The minimum Gasteiger partial charge on any atom is -0.457 e. The van der Waals surface area contributed by atoms with Crippen molar-refractivity contribution >= 4 is 44.3 Å². The predicted octanol–water partition coefficient (Wildman–Crippen LogP) is 2.32. The SMILES string of the molecule is CC1CCN(C(=S)SCC(=O)OCc2ccc(S(=O)(=O)N(C)C)o2)CC1. The van der Waals surface area contributed by atoms with E-state index in [9.17, 15) is 13.2 Å². The molecular formula is C16H24N2O5S3. The van der Waals surface area contributed by atoms with E-state index in [2.05, 4.69) is 11.8 Å². The number of ether oxygens (including phenoxy) is 1. The van der Waals surface area contributed by atoms with Crippen LogP contribution in [0, 0.1) is 5.92 Å². The monoisotopic (exact) mass is 420 g/mol. The Balaban J connectivity index is 1.75. The fraction of sp³-hybridized carbons (Fsp3) is 0.625. The van der Waals surface area contributed by atoms with Gasteiger partial charge in [-0.1, -0.05) is 30.9 Å². The van der Waals surface area contributed by atoms with Gasteiger partial charge in [0.05, 0.1) is 5.75 Å². The van der Waals surface area contributed by atoms with Crippen molar-refractivity contribution in [2.45, 2.75) is 31.5 Å². The Morgan fingerprint density at radius 1 is 1.38 bits per heavy atom. The topological polar surface area (TPSA) is 80.1 Å². The maximum absolute atomic E-state index is 11.9. The van der Waals surface area contributed by atoms with Crippen molar-refractivity contribution in [3.8, 4) is 0 Å². The Morgan fingerprint density at radius 3 is 2.65 bits per heavy atom. The van der Waals surface area contributed by atoms with Crippen LogP contribution in [-0.4, -0.2) is 60.9 Å². The van der Waals surface area contributed by atoms with Crippen LogP contribution in [0.1, 0.15) is 25.5 Å². The molecule has 1 aliphatic heterocycles. The number of nitrogens with zero attached hydrogens (tertiary/aromatic N) is 2. The van der Waals surface area contributed by atoms with Crippen molar-refractivity contribution in [2.75, 3.05) is 32.9 Å². The summed E-state index contributed by atoms with van der Waals surface area (Å²) in [5.74, 6) is 0.695. The zero-order valence-corrected chi connectivity index (χ0v) is 17.6. The Morgan fingerprint density at radius 2 is 2.04 bits per heavy atom. The smallest absolute Gasteiger partial charge is 0.316 e. The number of carbonyl (C=O) groups excluding carboxylic acids is 1. The lowest BCUT2D eigenvalue weighted by Crippen LogP contribution is -2.35. The first-order valence-electron chi connectivity index (χ1n) is 8.28. The molecule has 0 amide bonds. The van der Waals surface area contributed by atoms with Crippen LogP contribution in [0.3, 0.4) is 0 Å². The fourth-order valence-electron chi connectivity index (χ4n) is 2.35. The van der Waals surface area contributed by atoms with Crippen LogP contribution in [-0.2, 0) is 26.2 Å². The summed E-state index contributed by atoms with van der Waals surface area (Å²) in [7, 11) is -0.798. The zero-order valence-electron chi connectivity index (χ0n) is 15.1. The Kier molecular flexibility index (Phi) is 7.51. The Hall–Kier alpha value is -1.10. The first-order chi connectivity index (χ1) is 12.2. The molecule has 7 nitrogen and oxygen atoms in total. The number of piperidine rings is 1. The van der Waals surface area contributed by atoms with E-state index < -0.39 is 16.0 Å². The number of rotatable bonds is 6. The van der Waals surface area contributed by atoms with Crippen molar-refractivity contribution in [1.82, 2.24) is 9.21 Å². The van der Waals surface area contributed by atoms with Crippen molar-refractivity contribution in [3.63, 3.8) is 0 Å². The second kappa shape index (κ2) is 9.20. The average molecular weight is 421 g/mol. The van der Waals surface area contributed by atoms with Gasteiger partial charge in [-0.2, -0.15) is 0 Å². The van der Waals surface area contributed by atoms with E-state index in [-0.39, 0.29) is 23.2 Å². The molecule has 0 N–H and O–H groups in total. The molecule has 0 bridgehead atoms. The second-order valence-corrected chi connectivity index (χ2v) is 10.1. The number of thiocarbonyl (C=S) groups is 1. The summed E-state index contributed by atoms with van der Waals surface area (Å²) in [5, 5.41) is -0.177. The summed E-state index contributed by atoms with van der Waals surface area (Å²) in [4.78, 5) is 14.0. The first-order valence-corrected chi connectivity index (χ1v) is 11.1. The summed E-state index contributed by atoms with van der Waals surface area (Å²) >= 11 is 6.66. The van der Waals surface area contributed by atoms with E-state index in [0.717, 1.165) is 36.2 Å². The van der Waals surface area contributed by atoms with E-state index in [4.69, 9.17) is 21.4 Å². The maximum atomic E-state index is 11.9. The van der Waals surface area contributed by atoms with Gasteiger partial charge >= 0.3 is 5.97 Å². The molecule has 1 fully saturated rings. The third kappa shape index (κ3) is 5.70. The van der Waals surface area contributed by atoms with Gasteiger partial charge in [-0.3, -0.25) is 4.79 Å². The molecule has 2 rings (SSSR count). The summed E-state index contributed by atoms with van der Waals surface area (Å²) in [6, 6.07) is 2.83. The minimum atomic E-state index is -3.63. The largest absolute Gasteiger partial charge is 0.457 e. The molecule has 1 aromatic rings. The Bertz CT molecular complexity index is 737. The molecule has 0 unspecified atom stereocenters. The molecule has 0 spiro atoms. The number of esters is 1. The second-order valence-electron chi connectivity index (χ2n) is 6.39. The van der Waals surface area contributed by atoms with E-state index in [0.29, 0.717) is 4.32 Å². The van der Waals surface area contributed by atoms with Crippen LogP contribution < -0.4 is 0 Å². The van der Waals surface area contributed by atoms with Crippen LogP contribution in [0.15, 0.2) is 21.6 Å². The lowest BCUT2D eigenvalue weighted by Gasteiger charge is -2.31. The van der Waals surface area contributed by atoms with Crippen LogP contribution in [0.25, 0.3) is 0 Å². The van der Waals surface area contributed by atoms with Gasteiger partial charge < -0.3 is 14.1 Å². The quantitative estimate of drug-likeness (QED) is 0.512. The molecule has 1 aliphatic rings. The van der Waals surface area contributed by atoms with Crippen LogP contribution in [0.5, 0.6) is 0 Å². The fourth-order valence-corrected chi connectivity index (χ4v) is 4.21. The summed E-state index contributed by atoms with van der Waals surface area (Å²) < 4.78 is 36.0. The number of sulfonamides is 1. The number of carbonyl (C=O) groups is 1. The lowest BCUT2D eigenvalue weighted by atomic mass is 10.00. The highest BCUT2D eigenvalue weighted by Gasteiger charge is 2.22. The molecule has 0 aromatic carbocycles. The molecule has 0 saturated carbocycles. The normalized spacial score (nSPS) is 16.1. The van der Waals surface area contributed by atoms with Gasteiger partial charge in [-0.05, 0) is 30.9 Å². The van der Waals surface area contributed by atoms with Gasteiger partial charge in [0.1, 0.15) is 16.7 Å². The zero-order chi connectivity index (χ0) is 19.3. The molecule has 0 atom stereocenters. The Labute approximate surface area is 164 Å². The predicted molar refractivity (Wildman–Crippen MR) is 104 cm³/mol. The van der Waals surface area contributed by atoms with Crippen LogP contribution >= 0.6 is 24.0 Å². The number of furan rings is 1. The van der Waals surface area contributed by atoms with E-state index in [1.54, 1.807) is 0 Å². The maximum Gasteiger partial charge on any atom is 0.316 e. The standard InChI is InChI=1S/C16H24N2O5S3/c1-12-6-8-18(9-7-12)16(24)25-11-14(19)22-10-13-4-5-15(23-13)26(20,21)17(2)3/h4-5,12H,6-11H2,1-3H3. The highest BCUT2D eigenvalue weighted by atomic mass is 32.2. The summed E-state index contributed by atoms with van der Waals surface area (Å²) in [5.41, 5.74) is 0. The number of thioether (sulfide) groups is 1. The van der Waals surface area contributed by atoms with Gasteiger partial charge in [0.15, 0.2) is 0 Å². The molecule has 26 heavy (non-hydrogen) atoms. The molecule has 0 aliphatic carbocycles. The molecule has 0 radical (unpaired) electrons. The van der Waals surface area contributed by atoms with Crippen molar-refractivity contribution < 1.29 is 22.4 Å². The third-order valence-corrected chi connectivity index (χ3v) is 7.29. The van der Waals surface area contributed by atoms with Gasteiger partial charge in [0.2, 0.25) is 5.09 Å². The first kappa shape index (κ1) is 21.2. The molecular weight excluding hydrogens is 396 g/mol. The van der Waals surface area contributed by atoms with Gasteiger partial charge in [-0.15, -0.1) is 0 Å². The van der Waals surface area contributed by atoms with Crippen LogP contribution in [0.4, 0.5) is 0 Å². The highest BCUT2D eigenvalue weighted by Crippen LogP contribution is 2.21. The summed E-state index contributed by atoms with van der Waals surface area (Å²) in [6.07, 6.45) is 2.23. The third-order valence-electron chi connectivity index (χ3n) is 4.10. The minimum absolute atomic E-state index is 0.115. The van der Waals surface area contributed by atoms with Gasteiger partial charge in [0, 0.05) is 27.2 Å². The van der Waals surface area contributed by atoms with Gasteiger partial charge in [-0.25, -0.2) is 12.7 Å². The molecule has 146 valence electrons. The van der Waals surface area contributed by atoms with E-state index >= 15 is 0 Å². The molecule has 2 heterocycles. The average Bonchev–Trinajstić information content (AvgIpc) is 3.08. The van der Waals surface area contributed by atoms with Crippen molar-refractivity contribution in [1.29, 1.82) is 0 Å². The van der Waals surface area contributed by atoms with Crippen molar-refractivity contribution in [2.24, 2.45) is 5.92 Å². The molecule has 1 aromatic heterocycles. The highest BCUT2D eigenvalue weighted by molar-refractivity contribution is 8.23. The lowest BCUT2D eigenvalue weighted by molar-refractivity contribution is -0.142. The van der Waals surface area contributed by atoms with E-state index in [1.165, 1.54) is 38.0 Å². The number of hydrogen-bond acceptors (Lipinski definition) is 7. The molecule has 1 saturated heterocycles. The summed E-state index contributed by atoms with van der Waals surface area (Å²) in [6.45, 7) is 3.97. The molecule has 10 heteroatoms. The van der Waals surface area contributed by atoms with E-state index in [1.807, 2.05) is 0 Å². The van der Waals surface area contributed by atoms with Crippen molar-refractivity contribution in [3.05, 3.63) is 17.9 Å². The number of likely N-dealkylation sites (tertiary alicyclic amines) is 1. The van der Waals surface area contributed by atoms with Gasteiger partial charge in [0.25, 0.3) is 10.0 Å².